The highest BCUT2D eigenvalue weighted by molar-refractivity contribution is 7.87. The van der Waals surface area contributed by atoms with Gasteiger partial charge in [-0.3, -0.25) is 0 Å². The Morgan fingerprint density at radius 1 is 1.28 bits per heavy atom. The third-order valence-corrected chi connectivity index (χ3v) is 3.09. The van der Waals surface area contributed by atoms with Crippen molar-refractivity contribution in [1.82, 2.24) is 0 Å². The molecule has 8 heteroatoms. The van der Waals surface area contributed by atoms with Crippen LogP contribution in [0.15, 0.2) is 24.3 Å². The largest absolute Gasteiger partial charge is 0.534 e. The molecule has 1 heterocycles. The van der Waals surface area contributed by atoms with Crippen LogP contribution in [-0.4, -0.2) is 20.5 Å². The lowest BCUT2D eigenvalue weighted by Gasteiger charge is -2.14. The molecule has 0 saturated heterocycles. The van der Waals surface area contributed by atoms with Gasteiger partial charge in [0.1, 0.15) is 18.1 Å². The minimum atomic E-state index is -5.65. The molecule has 0 radical (unpaired) electrons. The van der Waals surface area contributed by atoms with Crippen molar-refractivity contribution in [3.63, 3.8) is 0 Å². The van der Waals surface area contributed by atoms with Crippen LogP contribution >= 0.6 is 0 Å². The summed E-state index contributed by atoms with van der Waals surface area (Å²) in [4.78, 5) is 0. The molecule has 0 aromatic heterocycles. The van der Waals surface area contributed by atoms with E-state index in [0.717, 1.165) is 12.1 Å². The van der Waals surface area contributed by atoms with Crippen LogP contribution in [0.1, 0.15) is 5.56 Å². The Kier molecular flexibility index (Phi) is 2.97. The molecule has 0 fully saturated rings. The molecule has 1 aliphatic heterocycles. The predicted molar refractivity (Wildman–Crippen MR) is 56.6 cm³/mol. The smallest absolute Gasteiger partial charge is 0.489 e. The molecule has 4 nitrogen and oxygen atoms in total. The van der Waals surface area contributed by atoms with Gasteiger partial charge in [-0.25, -0.2) is 0 Å². The second-order valence-corrected chi connectivity index (χ2v) is 4.93. The van der Waals surface area contributed by atoms with E-state index < -0.39 is 21.4 Å². The fraction of sp³-hybridized carbons (Fsp3) is 0.200. The Morgan fingerprint density at radius 2 is 2.00 bits per heavy atom. The Balaban J connectivity index is 2.29. The van der Waals surface area contributed by atoms with E-state index in [1.54, 1.807) is 12.2 Å². The summed E-state index contributed by atoms with van der Waals surface area (Å²) in [7, 11) is -5.65. The first kappa shape index (κ1) is 12.7. The van der Waals surface area contributed by atoms with Gasteiger partial charge in [-0.1, -0.05) is 6.08 Å². The molecule has 0 aliphatic carbocycles. The molecule has 18 heavy (non-hydrogen) atoms. The summed E-state index contributed by atoms with van der Waals surface area (Å²) < 4.78 is 67.0. The number of rotatable bonds is 2. The fourth-order valence-electron chi connectivity index (χ4n) is 1.32. The molecular formula is C10H7F3O4S. The monoisotopic (exact) mass is 280 g/mol. The van der Waals surface area contributed by atoms with Gasteiger partial charge in [0, 0.05) is 11.6 Å². The average molecular weight is 280 g/mol. The van der Waals surface area contributed by atoms with Crippen molar-refractivity contribution in [3.05, 3.63) is 29.8 Å². The lowest BCUT2D eigenvalue weighted by molar-refractivity contribution is -0.0500. The quantitative estimate of drug-likeness (QED) is 0.616. The molecule has 0 spiro atoms. The zero-order chi connectivity index (χ0) is 13.4. The van der Waals surface area contributed by atoms with Gasteiger partial charge < -0.3 is 8.92 Å². The van der Waals surface area contributed by atoms with Gasteiger partial charge in [-0.2, -0.15) is 21.6 Å². The van der Waals surface area contributed by atoms with Crippen LogP contribution < -0.4 is 8.92 Å². The highest BCUT2D eigenvalue weighted by atomic mass is 32.2. The van der Waals surface area contributed by atoms with Crippen molar-refractivity contribution in [2.45, 2.75) is 5.51 Å². The van der Waals surface area contributed by atoms with E-state index in [-0.39, 0.29) is 12.4 Å². The van der Waals surface area contributed by atoms with Crippen molar-refractivity contribution in [2.24, 2.45) is 0 Å². The molecule has 0 unspecified atom stereocenters. The molecule has 98 valence electrons. The molecule has 0 bridgehead atoms. The highest BCUT2D eigenvalue weighted by Crippen LogP contribution is 2.32. The second-order valence-electron chi connectivity index (χ2n) is 3.40. The van der Waals surface area contributed by atoms with E-state index in [1.807, 2.05) is 0 Å². The molecule has 0 saturated carbocycles. The SMILES string of the molecule is O=S(=O)(Oc1ccc2c(c1)OCC=C2)C(F)(F)F. The maximum absolute atomic E-state index is 12.1. The number of benzene rings is 1. The number of hydrogen-bond acceptors (Lipinski definition) is 4. The van der Waals surface area contributed by atoms with Gasteiger partial charge in [0.05, 0.1) is 0 Å². The van der Waals surface area contributed by atoms with Crippen LogP contribution in [0, 0.1) is 0 Å². The summed E-state index contributed by atoms with van der Waals surface area (Å²) in [5, 5.41) is 0. The summed E-state index contributed by atoms with van der Waals surface area (Å²) in [6.45, 7) is 0.266. The van der Waals surface area contributed by atoms with E-state index in [2.05, 4.69) is 4.18 Å². The molecule has 1 aromatic carbocycles. The lowest BCUT2D eigenvalue weighted by Crippen LogP contribution is -2.28. The molecule has 0 amide bonds. The van der Waals surface area contributed by atoms with Gasteiger partial charge in [0.2, 0.25) is 0 Å². The minimum absolute atomic E-state index is 0.266. The molecule has 2 rings (SSSR count). The summed E-state index contributed by atoms with van der Waals surface area (Å²) >= 11 is 0. The number of hydrogen-bond donors (Lipinski definition) is 0. The van der Waals surface area contributed by atoms with Gasteiger partial charge in [-0.05, 0) is 18.2 Å². The summed E-state index contributed by atoms with van der Waals surface area (Å²) in [6, 6.07) is 3.63. The molecule has 0 N–H and O–H groups in total. The normalized spacial score (nSPS) is 14.8. The molecular weight excluding hydrogens is 273 g/mol. The summed E-state index contributed by atoms with van der Waals surface area (Å²) in [6.07, 6.45) is 3.43. The van der Waals surface area contributed by atoms with Crippen molar-refractivity contribution in [3.8, 4) is 11.5 Å². The van der Waals surface area contributed by atoms with Crippen LogP contribution in [0.2, 0.25) is 0 Å². The average Bonchev–Trinajstić information content (AvgIpc) is 2.27. The van der Waals surface area contributed by atoms with Crippen molar-refractivity contribution < 1.29 is 30.5 Å². The van der Waals surface area contributed by atoms with Crippen LogP contribution in [-0.2, 0) is 10.1 Å². The molecule has 0 atom stereocenters. The van der Waals surface area contributed by atoms with Crippen molar-refractivity contribution >= 4 is 16.2 Å². The van der Waals surface area contributed by atoms with Gasteiger partial charge in [-0.15, -0.1) is 0 Å². The van der Waals surface area contributed by atoms with Crippen molar-refractivity contribution in [1.29, 1.82) is 0 Å². The number of fused-ring (bicyclic) bond motifs is 1. The van der Waals surface area contributed by atoms with E-state index in [0.29, 0.717) is 5.56 Å². The Hall–Kier alpha value is -1.70. The van der Waals surface area contributed by atoms with Crippen LogP contribution in [0.5, 0.6) is 11.5 Å². The van der Waals surface area contributed by atoms with Crippen LogP contribution in [0.3, 0.4) is 0 Å². The standard InChI is InChI=1S/C10H7F3O4S/c11-10(12,13)18(14,15)17-8-4-3-7-2-1-5-16-9(7)6-8/h1-4,6H,5H2. The van der Waals surface area contributed by atoms with Gasteiger partial charge in [0.15, 0.2) is 0 Å². The minimum Gasteiger partial charge on any atom is -0.489 e. The number of ether oxygens (including phenoxy) is 1. The van der Waals surface area contributed by atoms with Crippen LogP contribution in [0.25, 0.3) is 6.08 Å². The van der Waals surface area contributed by atoms with E-state index in [9.17, 15) is 21.6 Å². The zero-order valence-electron chi connectivity index (χ0n) is 8.77. The number of halogens is 3. The van der Waals surface area contributed by atoms with E-state index >= 15 is 0 Å². The Labute approximate surface area is 101 Å². The Bertz CT molecular complexity index is 590. The highest BCUT2D eigenvalue weighted by Gasteiger charge is 2.48. The summed E-state index contributed by atoms with van der Waals surface area (Å²) in [5.74, 6) is -0.172. The lowest BCUT2D eigenvalue weighted by atomic mass is 10.1. The topological polar surface area (TPSA) is 52.6 Å². The molecule has 1 aliphatic rings. The zero-order valence-corrected chi connectivity index (χ0v) is 9.59. The fourth-order valence-corrected chi connectivity index (χ4v) is 1.77. The third-order valence-electron chi connectivity index (χ3n) is 2.11. The maximum atomic E-state index is 12.1. The first-order chi connectivity index (χ1) is 8.29. The Morgan fingerprint density at radius 3 is 2.67 bits per heavy atom. The van der Waals surface area contributed by atoms with Gasteiger partial charge >= 0.3 is 15.6 Å². The second kappa shape index (κ2) is 4.20. The van der Waals surface area contributed by atoms with E-state index in [1.165, 1.54) is 6.07 Å². The maximum Gasteiger partial charge on any atom is 0.534 e. The van der Waals surface area contributed by atoms with E-state index in [4.69, 9.17) is 4.74 Å². The summed E-state index contributed by atoms with van der Waals surface area (Å²) in [5.41, 5.74) is -4.82. The van der Waals surface area contributed by atoms with Crippen molar-refractivity contribution in [2.75, 3.05) is 6.61 Å². The van der Waals surface area contributed by atoms with Gasteiger partial charge in [0.25, 0.3) is 0 Å². The predicted octanol–water partition coefficient (Wildman–Crippen LogP) is 2.32. The first-order valence-electron chi connectivity index (χ1n) is 4.74. The number of alkyl halides is 3. The van der Waals surface area contributed by atoms with Crippen LogP contribution in [0.4, 0.5) is 13.2 Å². The molecule has 1 aromatic rings. The third kappa shape index (κ3) is 2.42. The first-order valence-corrected chi connectivity index (χ1v) is 6.14.